The van der Waals surface area contributed by atoms with E-state index in [1.54, 1.807) is 0 Å². The number of carboxylic acid groups (broad SMARTS) is 1. The lowest BCUT2D eigenvalue weighted by Gasteiger charge is -2.20. The minimum absolute atomic E-state index is 0.115. The van der Waals surface area contributed by atoms with Crippen LogP contribution in [0.2, 0.25) is 0 Å². The molecule has 11 nitrogen and oxygen atoms in total. The maximum Gasteiger partial charge on any atom is 0.472 e. The van der Waals surface area contributed by atoms with Crippen LogP contribution in [-0.4, -0.2) is 59.9 Å². The first kappa shape index (κ1) is 50.4. The van der Waals surface area contributed by atoms with Crippen molar-refractivity contribution in [3.05, 3.63) is 48.6 Å². The third-order valence-corrected chi connectivity index (χ3v) is 9.39. The molecule has 0 spiro atoms. The number of hydrogen-bond acceptors (Lipinski definition) is 9. The summed E-state index contributed by atoms with van der Waals surface area (Å²) in [7, 11) is -4.72. The van der Waals surface area contributed by atoms with E-state index in [9.17, 15) is 23.8 Å². The number of esters is 2. The summed E-state index contributed by atoms with van der Waals surface area (Å²) in [6.07, 6.45) is 39.0. The van der Waals surface area contributed by atoms with Gasteiger partial charge in [0.1, 0.15) is 12.6 Å². The average molecular weight is 770 g/mol. The Kier molecular flexibility index (Phi) is 34.7. The summed E-state index contributed by atoms with van der Waals surface area (Å²) < 4.78 is 32.6. The average Bonchev–Trinajstić information content (AvgIpc) is 3.13. The normalized spacial score (nSPS) is 14.3. The minimum Gasteiger partial charge on any atom is -0.480 e. The Morgan fingerprint density at radius 1 is 0.604 bits per heavy atom. The molecule has 0 saturated carbocycles. The SMILES string of the molecule is CC/C=C/C=C/C=C/C=C/CCCCCC(=O)OC(COC(=O)CCCCCCCCCCCCCCCCCC)COP(=O)(O)OC[C@H](N)C(=O)O. The van der Waals surface area contributed by atoms with Gasteiger partial charge in [-0.25, -0.2) is 4.57 Å². The molecule has 0 heterocycles. The van der Waals surface area contributed by atoms with Crippen LogP contribution >= 0.6 is 7.82 Å². The third kappa shape index (κ3) is 36.2. The van der Waals surface area contributed by atoms with Crippen molar-refractivity contribution >= 4 is 25.7 Å². The summed E-state index contributed by atoms with van der Waals surface area (Å²) in [6, 6.07) is -1.53. The van der Waals surface area contributed by atoms with Crippen molar-refractivity contribution in [2.24, 2.45) is 5.73 Å². The van der Waals surface area contributed by atoms with E-state index in [1.807, 2.05) is 36.5 Å². The van der Waals surface area contributed by atoms with Gasteiger partial charge in [0.2, 0.25) is 0 Å². The monoisotopic (exact) mass is 769 g/mol. The Labute approximate surface area is 320 Å². The van der Waals surface area contributed by atoms with E-state index in [2.05, 4.69) is 30.5 Å². The second-order valence-corrected chi connectivity index (χ2v) is 14.9. The number of phosphoric acid groups is 1. The van der Waals surface area contributed by atoms with Crippen molar-refractivity contribution in [2.75, 3.05) is 19.8 Å². The highest BCUT2D eigenvalue weighted by Gasteiger charge is 2.28. The molecular formula is C41H72NO10P. The number of carbonyl (C=O) groups excluding carboxylic acids is 2. The molecule has 0 aromatic rings. The lowest BCUT2D eigenvalue weighted by Crippen LogP contribution is -2.34. The van der Waals surface area contributed by atoms with Crippen molar-refractivity contribution in [2.45, 2.75) is 174 Å². The van der Waals surface area contributed by atoms with Gasteiger partial charge in [-0.3, -0.25) is 23.4 Å². The van der Waals surface area contributed by atoms with Crippen LogP contribution in [0.1, 0.15) is 162 Å². The molecule has 0 aromatic heterocycles. The molecule has 0 rings (SSSR count). The zero-order chi connectivity index (χ0) is 39.3. The maximum atomic E-state index is 12.6. The van der Waals surface area contributed by atoms with Crippen LogP contribution in [0.25, 0.3) is 0 Å². The zero-order valence-corrected chi connectivity index (χ0v) is 33.7. The molecule has 4 N–H and O–H groups in total. The van der Waals surface area contributed by atoms with Crippen LogP contribution in [-0.2, 0) is 37.5 Å². The second kappa shape index (κ2) is 36.4. The largest absolute Gasteiger partial charge is 0.480 e. The number of phosphoric ester groups is 1. The highest BCUT2D eigenvalue weighted by atomic mass is 31.2. The predicted molar refractivity (Wildman–Crippen MR) is 212 cm³/mol. The van der Waals surface area contributed by atoms with E-state index >= 15 is 0 Å². The predicted octanol–water partition coefficient (Wildman–Crippen LogP) is 10.2. The molecule has 12 heteroatoms. The lowest BCUT2D eigenvalue weighted by atomic mass is 10.0. The molecule has 0 aliphatic carbocycles. The highest BCUT2D eigenvalue weighted by molar-refractivity contribution is 7.47. The van der Waals surface area contributed by atoms with Crippen LogP contribution in [0.3, 0.4) is 0 Å². The van der Waals surface area contributed by atoms with Crippen molar-refractivity contribution in [1.82, 2.24) is 0 Å². The molecule has 0 aromatic carbocycles. The fourth-order valence-electron chi connectivity index (χ4n) is 5.25. The molecule has 53 heavy (non-hydrogen) atoms. The first-order valence-electron chi connectivity index (χ1n) is 20.2. The van der Waals surface area contributed by atoms with E-state index < -0.39 is 51.1 Å². The van der Waals surface area contributed by atoms with Gasteiger partial charge in [0.25, 0.3) is 0 Å². The molecule has 0 aliphatic heterocycles. The number of aliphatic carboxylic acids is 1. The highest BCUT2D eigenvalue weighted by Crippen LogP contribution is 2.43. The molecule has 2 unspecified atom stereocenters. The van der Waals surface area contributed by atoms with Gasteiger partial charge in [0.15, 0.2) is 6.10 Å². The lowest BCUT2D eigenvalue weighted by molar-refractivity contribution is -0.161. The van der Waals surface area contributed by atoms with Gasteiger partial charge in [-0.1, -0.05) is 165 Å². The Morgan fingerprint density at radius 3 is 1.58 bits per heavy atom. The number of hydrogen-bond donors (Lipinski definition) is 3. The van der Waals surface area contributed by atoms with Gasteiger partial charge in [0.05, 0.1) is 13.2 Å². The second-order valence-electron chi connectivity index (χ2n) is 13.5. The van der Waals surface area contributed by atoms with Gasteiger partial charge in [-0.05, 0) is 32.1 Å². The van der Waals surface area contributed by atoms with E-state index in [1.165, 1.54) is 77.0 Å². The van der Waals surface area contributed by atoms with Gasteiger partial charge in [0, 0.05) is 12.8 Å². The number of rotatable bonds is 37. The van der Waals surface area contributed by atoms with Crippen molar-refractivity contribution in [1.29, 1.82) is 0 Å². The van der Waals surface area contributed by atoms with Gasteiger partial charge >= 0.3 is 25.7 Å². The molecule has 0 saturated heterocycles. The van der Waals surface area contributed by atoms with Gasteiger partial charge < -0.3 is 25.2 Å². The van der Waals surface area contributed by atoms with Gasteiger partial charge in [-0.2, -0.15) is 0 Å². The summed E-state index contributed by atoms with van der Waals surface area (Å²) in [5, 5.41) is 8.87. The van der Waals surface area contributed by atoms with Crippen LogP contribution in [0, 0.1) is 0 Å². The van der Waals surface area contributed by atoms with E-state index in [0.29, 0.717) is 12.8 Å². The number of ether oxygens (including phenoxy) is 2. The van der Waals surface area contributed by atoms with Crippen molar-refractivity contribution in [3.8, 4) is 0 Å². The maximum absolute atomic E-state index is 12.6. The first-order valence-corrected chi connectivity index (χ1v) is 21.7. The number of carboxylic acids is 1. The van der Waals surface area contributed by atoms with Crippen LogP contribution in [0.4, 0.5) is 0 Å². The van der Waals surface area contributed by atoms with Crippen molar-refractivity contribution in [3.63, 3.8) is 0 Å². The quantitative estimate of drug-likeness (QED) is 0.0238. The third-order valence-electron chi connectivity index (χ3n) is 8.44. The van der Waals surface area contributed by atoms with Crippen LogP contribution in [0.5, 0.6) is 0 Å². The first-order chi connectivity index (χ1) is 25.6. The Hall–Kier alpha value is -2.56. The summed E-state index contributed by atoms with van der Waals surface area (Å²) in [5.41, 5.74) is 5.32. The fourth-order valence-corrected chi connectivity index (χ4v) is 6.03. The molecular weight excluding hydrogens is 697 g/mol. The van der Waals surface area contributed by atoms with Crippen LogP contribution < -0.4 is 5.73 Å². The molecule has 0 aliphatic rings. The molecule has 0 bridgehead atoms. The van der Waals surface area contributed by atoms with Gasteiger partial charge in [-0.15, -0.1) is 0 Å². The molecule has 0 fully saturated rings. The summed E-state index contributed by atoms with van der Waals surface area (Å²) >= 11 is 0. The number of unbranched alkanes of at least 4 members (excludes halogenated alkanes) is 18. The Bertz CT molecular complexity index is 1090. The Balaban J connectivity index is 4.43. The van der Waals surface area contributed by atoms with Crippen LogP contribution in [0.15, 0.2) is 48.6 Å². The molecule has 0 radical (unpaired) electrons. The van der Waals surface area contributed by atoms with E-state index in [-0.39, 0.29) is 19.4 Å². The number of carbonyl (C=O) groups is 3. The minimum atomic E-state index is -4.72. The zero-order valence-electron chi connectivity index (χ0n) is 32.8. The Morgan fingerprint density at radius 2 is 1.06 bits per heavy atom. The smallest absolute Gasteiger partial charge is 0.472 e. The summed E-state index contributed by atoms with van der Waals surface area (Å²) in [6.45, 7) is 2.61. The topological polar surface area (TPSA) is 172 Å². The molecule has 306 valence electrons. The van der Waals surface area contributed by atoms with E-state index in [4.69, 9.17) is 24.8 Å². The standard InChI is InChI=1S/C41H72NO10P/c1-3-5-7-9-11-13-15-17-18-19-21-22-24-26-28-30-32-39(43)49-34-37(35-50-53(47,48)51-36-38(42)41(45)46)52-40(44)33-31-29-27-25-23-20-16-14-12-10-8-6-4-2/h6,8,10,12,14,16,20,23,37-38H,3-5,7,9,11,13,15,17-19,21-22,24-36,42H2,1-2H3,(H,45,46)(H,47,48)/b8-6+,12-10+,16-14+,23-20+/t37?,38-/m0/s1. The molecule has 0 amide bonds. The molecule has 3 atom stereocenters. The summed E-state index contributed by atoms with van der Waals surface area (Å²) in [4.78, 5) is 45.8. The fraction of sp³-hybridized carbons (Fsp3) is 0.732. The number of allylic oxidation sites excluding steroid dienone is 8. The van der Waals surface area contributed by atoms with E-state index in [0.717, 1.165) is 44.9 Å². The van der Waals surface area contributed by atoms with Crippen molar-refractivity contribution < 1.29 is 47.5 Å². The number of nitrogens with two attached hydrogens (primary N) is 1. The summed E-state index contributed by atoms with van der Waals surface area (Å²) in [5.74, 6) is -2.43.